The van der Waals surface area contributed by atoms with E-state index in [4.69, 9.17) is 21.0 Å². The lowest BCUT2D eigenvalue weighted by molar-refractivity contribution is -0.123. The maximum Gasteiger partial charge on any atom is 0.267 e. The first-order chi connectivity index (χ1) is 14.8. The van der Waals surface area contributed by atoms with E-state index in [1.165, 1.54) is 17.3 Å². The Morgan fingerprint density at radius 3 is 2.55 bits per heavy atom. The van der Waals surface area contributed by atoms with Gasteiger partial charge < -0.3 is 4.42 Å². The molecule has 4 nitrogen and oxygen atoms in total. The number of thioether (sulfide) groups is 1. The minimum absolute atomic E-state index is 0.00585. The lowest BCUT2D eigenvalue weighted by Crippen LogP contribution is -2.35. The summed E-state index contributed by atoms with van der Waals surface area (Å²) in [6, 6.07) is 17.3. The topological polar surface area (TPSA) is 45.8 Å². The smallest absolute Gasteiger partial charge is 0.267 e. The Kier molecular flexibility index (Phi) is 6.42. The third kappa shape index (κ3) is 4.81. The average Bonchev–Trinajstić information content (AvgIpc) is 3.31. The highest BCUT2D eigenvalue weighted by molar-refractivity contribution is 9.10. The fourth-order valence-electron chi connectivity index (χ4n) is 3.11. The molecule has 0 unspecified atom stereocenters. The van der Waals surface area contributed by atoms with Crippen molar-refractivity contribution in [3.05, 3.63) is 80.3 Å². The van der Waals surface area contributed by atoms with Crippen LogP contribution < -0.4 is 0 Å². The number of amides is 1. The Hall–Kier alpha value is -2.28. The van der Waals surface area contributed by atoms with Gasteiger partial charge in [-0.25, -0.2) is 4.99 Å². The molecule has 1 saturated heterocycles. The molecule has 7 heteroatoms. The quantitative estimate of drug-likeness (QED) is 0.335. The molecule has 1 aliphatic rings. The summed E-state index contributed by atoms with van der Waals surface area (Å²) in [6.07, 6.45) is 1.77. The minimum Gasteiger partial charge on any atom is -0.457 e. The van der Waals surface area contributed by atoms with E-state index in [1.54, 1.807) is 11.0 Å². The van der Waals surface area contributed by atoms with Crippen molar-refractivity contribution in [1.29, 1.82) is 0 Å². The van der Waals surface area contributed by atoms with Gasteiger partial charge in [0.2, 0.25) is 0 Å². The van der Waals surface area contributed by atoms with Crippen molar-refractivity contribution >= 4 is 62.1 Å². The molecule has 0 N–H and O–H groups in total. The fraction of sp³-hybridized carbons (Fsp3) is 0.167. The molecular weight excluding hydrogens is 496 g/mol. The van der Waals surface area contributed by atoms with Crippen LogP contribution in [0.3, 0.4) is 0 Å². The minimum atomic E-state index is -0.0713. The number of aryl methyl sites for hydroxylation is 1. The van der Waals surface area contributed by atoms with Crippen molar-refractivity contribution in [2.75, 3.05) is 0 Å². The summed E-state index contributed by atoms with van der Waals surface area (Å²) in [5.74, 6) is 1.24. The summed E-state index contributed by atoms with van der Waals surface area (Å²) < 4.78 is 6.77. The SMILES string of the molecule is Cc1ccc(N=C2S/C(=C/c3ccc(-c4ccc(Cl)c(Br)c4)o3)C(=O)N2C(C)C)cc1. The Labute approximate surface area is 199 Å². The number of furan rings is 1. The normalized spacial score (nSPS) is 16.8. The standard InChI is InChI=1S/C24H20BrClN2O2S/c1-14(2)28-23(29)22(31-24(28)27-17-7-4-15(3)5-8-17)13-18-9-11-21(30-18)16-6-10-20(26)19(25)12-16/h4-14H,1-3H3/b22-13+,27-24?. The molecule has 2 aromatic carbocycles. The van der Waals surface area contributed by atoms with Crippen LogP contribution in [0.25, 0.3) is 17.4 Å². The molecule has 0 atom stereocenters. The largest absolute Gasteiger partial charge is 0.457 e. The van der Waals surface area contributed by atoms with Gasteiger partial charge in [-0.3, -0.25) is 9.69 Å². The van der Waals surface area contributed by atoms with Gasteiger partial charge in [0.15, 0.2) is 5.17 Å². The fourth-order valence-corrected chi connectivity index (χ4v) is 4.71. The molecule has 0 bridgehead atoms. The van der Waals surface area contributed by atoms with Crippen molar-refractivity contribution in [3.8, 4) is 11.3 Å². The predicted octanol–water partition coefficient (Wildman–Crippen LogP) is 7.68. The number of rotatable bonds is 4. The first-order valence-corrected chi connectivity index (χ1v) is 11.7. The lowest BCUT2D eigenvalue weighted by atomic mass is 10.2. The van der Waals surface area contributed by atoms with Gasteiger partial charge in [-0.05, 0) is 90.9 Å². The van der Waals surface area contributed by atoms with Crippen molar-refractivity contribution in [3.63, 3.8) is 0 Å². The van der Waals surface area contributed by atoms with Crippen LogP contribution in [-0.4, -0.2) is 22.0 Å². The number of amidine groups is 1. The molecule has 0 aliphatic carbocycles. The first kappa shape index (κ1) is 21.9. The number of nitrogens with zero attached hydrogens (tertiary/aromatic N) is 2. The summed E-state index contributed by atoms with van der Waals surface area (Å²) in [7, 11) is 0. The van der Waals surface area contributed by atoms with Crippen LogP contribution in [0.15, 0.2) is 73.4 Å². The van der Waals surface area contributed by atoms with Crippen LogP contribution in [0.5, 0.6) is 0 Å². The summed E-state index contributed by atoms with van der Waals surface area (Å²) in [5, 5.41) is 1.31. The number of benzene rings is 2. The van der Waals surface area contributed by atoms with E-state index in [-0.39, 0.29) is 11.9 Å². The number of halogens is 2. The number of hydrogen-bond acceptors (Lipinski definition) is 4. The Morgan fingerprint density at radius 2 is 1.87 bits per heavy atom. The molecule has 1 aliphatic heterocycles. The first-order valence-electron chi connectivity index (χ1n) is 9.75. The molecule has 2 heterocycles. The van der Waals surface area contributed by atoms with Gasteiger partial charge in [0.1, 0.15) is 11.5 Å². The Bertz CT molecular complexity index is 1200. The van der Waals surface area contributed by atoms with Crippen LogP contribution in [0.4, 0.5) is 5.69 Å². The molecule has 0 radical (unpaired) electrons. The lowest BCUT2D eigenvalue weighted by Gasteiger charge is -2.19. The second-order valence-corrected chi connectivity index (χ2v) is 9.71. The molecule has 1 fully saturated rings. The molecule has 31 heavy (non-hydrogen) atoms. The van der Waals surface area contributed by atoms with Crippen LogP contribution in [0.2, 0.25) is 5.02 Å². The number of hydrogen-bond donors (Lipinski definition) is 0. The highest BCUT2D eigenvalue weighted by Gasteiger charge is 2.35. The van der Waals surface area contributed by atoms with E-state index in [2.05, 4.69) is 15.9 Å². The third-order valence-electron chi connectivity index (χ3n) is 4.72. The van der Waals surface area contributed by atoms with Gasteiger partial charge in [0.05, 0.1) is 15.6 Å². The predicted molar refractivity (Wildman–Crippen MR) is 133 cm³/mol. The van der Waals surface area contributed by atoms with Gasteiger partial charge in [0, 0.05) is 22.2 Å². The van der Waals surface area contributed by atoms with E-state index in [0.29, 0.717) is 26.6 Å². The van der Waals surface area contributed by atoms with Crippen LogP contribution in [0.1, 0.15) is 25.2 Å². The highest BCUT2D eigenvalue weighted by Crippen LogP contribution is 2.36. The molecular formula is C24H20BrClN2O2S. The number of carbonyl (C=O) groups excluding carboxylic acids is 1. The second-order valence-electron chi connectivity index (χ2n) is 7.44. The summed E-state index contributed by atoms with van der Waals surface area (Å²) >= 11 is 10.9. The number of carbonyl (C=O) groups is 1. The molecule has 158 valence electrons. The van der Waals surface area contributed by atoms with Gasteiger partial charge in [-0.2, -0.15) is 0 Å². The number of aliphatic imine (C=N–C) groups is 1. The highest BCUT2D eigenvalue weighted by atomic mass is 79.9. The molecule has 3 aromatic rings. The van der Waals surface area contributed by atoms with Crippen LogP contribution in [0, 0.1) is 6.92 Å². The average molecular weight is 516 g/mol. The van der Waals surface area contributed by atoms with Crippen molar-refractivity contribution < 1.29 is 9.21 Å². The summed E-state index contributed by atoms with van der Waals surface area (Å²) in [6.45, 7) is 6.00. The maximum absolute atomic E-state index is 13.1. The van der Waals surface area contributed by atoms with Gasteiger partial charge in [-0.15, -0.1) is 0 Å². The summed E-state index contributed by atoms with van der Waals surface area (Å²) in [5.41, 5.74) is 2.89. The van der Waals surface area contributed by atoms with Crippen molar-refractivity contribution in [1.82, 2.24) is 4.90 Å². The maximum atomic E-state index is 13.1. The van der Waals surface area contributed by atoms with Crippen molar-refractivity contribution in [2.24, 2.45) is 4.99 Å². The third-order valence-corrected chi connectivity index (χ3v) is 6.91. The van der Waals surface area contributed by atoms with E-state index >= 15 is 0 Å². The van der Waals surface area contributed by atoms with E-state index < -0.39 is 0 Å². The van der Waals surface area contributed by atoms with Gasteiger partial charge >= 0.3 is 0 Å². The second kappa shape index (κ2) is 9.07. The van der Waals surface area contributed by atoms with Crippen molar-refractivity contribution in [2.45, 2.75) is 26.8 Å². The monoisotopic (exact) mass is 514 g/mol. The van der Waals surface area contributed by atoms with Gasteiger partial charge in [0.25, 0.3) is 5.91 Å². The Balaban J connectivity index is 1.63. The Morgan fingerprint density at radius 1 is 1.13 bits per heavy atom. The van der Waals surface area contributed by atoms with E-state index in [0.717, 1.165) is 15.7 Å². The van der Waals surface area contributed by atoms with E-state index in [1.807, 2.05) is 75.4 Å². The zero-order valence-corrected chi connectivity index (χ0v) is 20.4. The van der Waals surface area contributed by atoms with Crippen LogP contribution in [-0.2, 0) is 4.79 Å². The molecule has 0 spiro atoms. The molecule has 1 aromatic heterocycles. The van der Waals surface area contributed by atoms with Gasteiger partial charge in [-0.1, -0.05) is 29.3 Å². The zero-order valence-electron chi connectivity index (χ0n) is 17.2. The summed E-state index contributed by atoms with van der Waals surface area (Å²) in [4.78, 5) is 20.1. The van der Waals surface area contributed by atoms with Crippen LogP contribution >= 0.6 is 39.3 Å². The molecule has 1 amide bonds. The molecule has 4 rings (SSSR count). The zero-order chi connectivity index (χ0) is 22.1. The van der Waals surface area contributed by atoms with E-state index in [9.17, 15) is 4.79 Å². The molecule has 0 saturated carbocycles.